The maximum absolute atomic E-state index is 11.5. The van der Waals surface area contributed by atoms with E-state index in [2.05, 4.69) is 15.2 Å². The second-order valence-electron chi connectivity index (χ2n) is 3.75. The van der Waals surface area contributed by atoms with Crippen LogP contribution in [0.1, 0.15) is 17.8 Å². The van der Waals surface area contributed by atoms with E-state index in [1.807, 2.05) is 13.8 Å². The highest BCUT2D eigenvalue weighted by molar-refractivity contribution is 5.94. The van der Waals surface area contributed by atoms with Gasteiger partial charge in [-0.3, -0.25) is 9.69 Å². The molecule has 0 saturated carbocycles. The monoisotopic (exact) mass is 207 g/mol. The SMILES string of the molecule is Cc1nnc(N2CC(N)CC2=O)nc1C. The van der Waals surface area contributed by atoms with E-state index in [9.17, 15) is 4.79 Å². The molecule has 6 nitrogen and oxygen atoms in total. The molecule has 0 bridgehead atoms. The molecule has 1 amide bonds. The molecule has 0 radical (unpaired) electrons. The van der Waals surface area contributed by atoms with Gasteiger partial charge in [-0.05, 0) is 13.8 Å². The molecule has 1 fully saturated rings. The van der Waals surface area contributed by atoms with Crippen LogP contribution in [0, 0.1) is 13.8 Å². The number of rotatable bonds is 1. The number of nitrogens with zero attached hydrogens (tertiary/aromatic N) is 4. The van der Waals surface area contributed by atoms with Crippen molar-refractivity contribution in [2.45, 2.75) is 26.3 Å². The first-order valence-electron chi connectivity index (χ1n) is 4.82. The van der Waals surface area contributed by atoms with E-state index >= 15 is 0 Å². The molecule has 1 aromatic heterocycles. The Morgan fingerprint density at radius 2 is 2.07 bits per heavy atom. The first-order chi connectivity index (χ1) is 7.08. The smallest absolute Gasteiger partial charge is 0.252 e. The van der Waals surface area contributed by atoms with E-state index in [4.69, 9.17) is 5.73 Å². The summed E-state index contributed by atoms with van der Waals surface area (Å²) in [7, 11) is 0. The second kappa shape index (κ2) is 3.54. The lowest BCUT2D eigenvalue weighted by Crippen LogP contribution is -2.30. The summed E-state index contributed by atoms with van der Waals surface area (Å²) < 4.78 is 0. The summed E-state index contributed by atoms with van der Waals surface area (Å²) in [5, 5.41) is 7.83. The predicted octanol–water partition coefficient (Wildman–Crippen LogP) is -0.448. The molecule has 0 aliphatic carbocycles. The Hall–Kier alpha value is -1.56. The number of aromatic nitrogens is 3. The molecule has 6 heteroatoms. The summed E-state index contributed by atoms with van der Waals surface area (Å²) in [5.41, 5.74) is 7.24. The predicted molar refractivity (Wildman–Crippen MR) is 54.2 cm³/mol. The van der Waals surface area contributed by atoms with Crippen molar-refractivity contribution in [2.24, 2.45) is 5.73 Å². The third-order valence-corrected chi connectivity index (χ3v) is 2.48. The molecule has 1 atom stereocenters. The minimum Gasteiger partial charge on any atom is -0.326 e. The fraction of sp³-hybridized carbons (Fsp3) is 0.556. The zero-order chi connectivity index (χ0) is 11.0. The zero-order valence-corrected chi connectivity index (χ0v) is 8.77. The summed E-state index contributed by atoms with van der Waals surface area (Å²) >= 11 is 0. The average Bonchev–Trinajstić information content (AvgIpc) is 2.50. The van der Waals surface area contributed by atoms with Crippen molar-refractivity contribution in [3.63, 3.8) is 0 Å². The number of carbonyl (C=O) groups excluding carboxylic acids is 1. The quantitative estimate of drug-likeness (QED) is 0.674. The van der Waals surface area contributed by atoms with Gasteiger partial charge < -0.3 is 5.73 Å². The van der Waals surface area contributed by atoms with Gasteiger partial charge in [0.15, 0.2) is 0 Å². The van der Waals surface area contributed by atoms with Crippen LogP contribution in [-0.2, 0) is 4.79 Å². The molecule has 2 N–H and O–H groups in total. The number of amides is 1. The number of hydrogen-bond acceptors (Lipinski definition) is 5. The Labute approximate surface area is 87.5 Å². The Bertz CT molecular complexity index is 405. The lowest BCUT2D eigenvalue weighted by atomic mass is 10.3. The van der Waals surface area contributed by atoms with Crippen molar-refractivity contribution in [2.75, 3.05) is 11.4 Å². The van der Waals surface area contributed by atoms with Gasteiger partial charge in [-0.1, -0.05) is 0 Å². The molecule has 2 heterocycles. The number of nitrogens with two attached hydrogens (primary N) is 1. The fourth-order valence-corrected chi connectivity index (χ4v) is 1.49. The van der Waals surface area contributed by atoms with Crippen molar-refractivity contribution in [1.29, 1.82) is 0 Å². The molecule has 0 spiro atoms. The van der Waals surface area contributed by atoms with Crippen molar-refractivity contribution < 1.29 is 4.79 Å². The maximum atomic E-state index is 11.5. The van der Waals surface area contributed by atoms with E-state index < -0.39 is 0 Å². The van der Waals surface area contributed by atoms with Gasteiger partial charge in [0, 0.05) is 19.0 Å². The van der Waals surface area contributed by atoms with E-state index in [0.29, 0.717) is 18.9 Å². The third kappa shape index (κ3) is 1.80. The second-order valence-corrected chi connectivity index (χ2v) is 3.75. The van der Waals surface area contributed by atoms with Crippen molar-refractivity contribution in [1.82, 2.24) is 15.2 Å². The Balaban J connectivity index is 2.30. The molecular formula is C9H13N5O. The first-order valence-corrected chi connectivity index (χ1v) is 4.82. The molecule has 15 heavy (non-hydrogen) atoms. The van der Waals surface area contributed by atoms with Gasteiger partial charge in [-0.2, -0.15) is 5.10 Å². The van der Waals surface area contributed by atoms with Crippen LogP contribution in [-0.4, -0.2) is 33.7 Å². The number of anilines is 1. The van der Waals surface area contributed by atoms with Crippen LogP contribution in [0.5, 0.6) is 0 Å². The molecule has 0 aromatic carbocycles. The topological polar surface area (TPSA) is 85.0 Å². The first kappa shape index (κ1) is 9.97. The highest BCUT2D eigenvalue weighted by Crippen LogP contribution is 2.16. The largest absolute Gasteiger partial charge is 0.326 e. The van der Waals surface area contributed by atoms with Gasteiger partial charge in [0.05, 0.1) is 11.4 Å². The van der Waals surface area contributed by atoms with Crippen LogP contribution in [0.2, 0.25) is 0 Å². The molecular weight excluding hydrogens is 194 g/mol. The van der Waals surface area contributed by atoms with Crippen molar-refractivity contribution >= 4 is 11.9 Å². The highest BCUT2D eigenvalue weighted by atomic mass is 16.2. The lowest BCUT2D eigenvalue weighted by Gasteiger charge is -2.13. The Morgan fingerprint density at radius 1 is 1.33 bits per heavy atom. The Kier molecular flexibility index (Phi) is 2.36. The van der Waals surface area contributed by atoms with Gasteiger partial charge in [-0.15, -0.1) is 5.10 Å². The summed E-state index contributed by atoms with van der Waals surface area (Å²) in [6, 6.07) is -0.122. The van der Waals surface area contributed by atoms with E-state index in [0.717, 1.165) is 11.4 Å². The van der Waals surface area contributed by atoms with Gasteiger partial charge >= 0.3 is 0 Å². The van der Waals surface area contributed by atoms with E-state index in [1.165, 1.54) is 4.90 Å². The van der Waals surface area contributed by atoms with Crippen LogP contribution >= 0.6 is 0 Å². The Morgan fingerprint density at radius 3 is 2.60 bits per heavy atom. The minimum atomic E-state index is -0.122. The molecule has 80 valence electrons. The van der Waals surface area contributed by atoms with Crippen LogP contribution in [0.25, 0.3) is 0 Å². The minimum absolute atomic E-state index is 0.0347. The highest BCUT2D eigenvalue weighted by Gasteiger charge is 2.30. The number of aryl methyl sites for hydroxylation is 2. The summed E-state index contributed by atoms with van der Waals surface area (Å²) in [6.07, 6.45) is 0.357. The molecule has 1 aliphatic rings. The molecule has 2 rings (SSSR count). The normalized spacial score (nSPS) is 21.1. The van der Waals surface area contributed by atoms with E-state index in [1.54, 1.807) is 0 Å². The van der Waals surface area contributed by atoms with Crippen LogP contribution < -0.4 is 10.6 Å². The van der Waals surface area contributed by atoms with Crippen LogP contribution in [0.4, 0.5) is 5.95 Å². The summed E-state index contributed by atoms with van der Waals surface area (Å²) in [4.78, 5) is 17.2. The zero-order valence-electron chi connectivity index (χ0n) is 8.77. The van der Waals surface area contributed by atoms with Gasteiger partial charge in [-0.25, -0.2) is 4.98 Å². The van der Waals surface area contributed by atoms with Crippen LogP contribution in [0.15, 0.2) is 0 Å². The lowest BCUT2D eigenvalue weighted by molar-refractivity contribution is -0.117. The van der Waals surface area contributed by atoms with Crippen molar-refractivity contribution in [3.8, 4) is 0 Å². The molecule has 1 aromatic rings. The van der Waals surface area contributed by atoms with Crippen LogP contribution in [0.3, 0.4) is 0 Å². The molecule has 1 saturated heterocycles. The van der Waals surface area contributed by atoms with Gasteiger partial charge in [0.1, 0.15) is 0 Å². The number of hydrogen-bond donors (Lipinski definition) is 1. The van der Waals surface area contributed by atoms with Gasteiger partial charge in [0.2, 0.25) is 5.91 Å². The van der Waals surface area contributed by atoms with Crippen molar-refractivity contribution in [3.05, 3.63) is 11.4 Å². The number of carbonyl (C=O) groups is 1. The molecule has 1 unspecified atom stereocenters. The van der Waals surface area contributed by atoms with Gasteiger partial charge in [0.25, 0.3) is 5.95 Å². The standard InChI is InChI=1S/C9H13N5O/c1-5-6(2)12-13-9(11-5)14-4-7(10)3-8(14)15/h7H,3-4,10H2,1-2H3. The van der Waals surface area contributed by atoms with E-state index in [-0.39, 0.29) is 11.9 Å². The summed E-state index contributed by atoms with van der Waals surface area (Å²) in [5.74, 6) is 0.323. The average molecular weight is 207 g/mol. The summed E-state index contributed by atoms with van der Waals surface area (Å²) in [6.45, 7) is 4.15. The fourth-order valence-electron chi connectivity index (χ4n) is 1.49. The maximum Gasteiger partial charge on any atom is 0.252 e. The molecule has 1 aliphatic heterocycles. The third-order valence-electron chi connectivity index (χ3n) is 2.48.